The molecular formula is C17H25N5O3S. The Morgan fingerprint density at radius 1 is 1.27 bits per heavy atom. The number of para-hydroxylation sites is 2. The van der Waals surface area contributed by atoms with Crippen molar-refractivity contribution in [2.24, 2.45) is 18.1 Å². The first-order chi connectivity index (χ1) is 12.1. The van der Waals surface area contributed by atoms with Gasteiger partial charge in [0.25, 0.3) is 10.2 Å². The van der Waals surface area contributed by atoms with Crippen LogP contribution in [0.3, 0.4) is 0 Å². The van der Waals surface area contributed by atoms with Crippen LogP contribution in [0.15, 0.2) is 24.3 Å². The van der Waals surface area contributed by atoms with Gasteiger partial charge in [-0.2, -0.15) is 12.7 Å². The molecule has 0 spiro atoms. The summed E-state index contributed by atoms with van der Waals surface area (Å²) in [6.45, 7) is 4.38. The smallest absolute Gasteiger partial charge is 0.276 e. The van der Waals surface area contributed by atoms with Crippen molar-refractivity contribution in [1.29, 1.82) is 0 Å². The first-order valence-corrected chi connectivity index (χ1v) is 10.1. The largest absolute Gasteiger partial charge is 0.344 e. The first kappa shape index (κ1) is 18.8. The quantitative estimate of drug-likeness (QED) is 0.820. The van der Waals surface area contributed by atoms with Gasteiger partial charge in [0.05, 0.1) is 16.6 Å². The third kappa shape index (κ3) is 3.60. The molecule has 9 heteroatoms. The van der Waals surface area contributed by atoms with Crippen LogP contribution in [0.25, 0.3) is 11.0 Å². The van der Waals surface area contributed by atoms with Crippen LogP contribution in [-0.2, 0) is 27.6 Å². The Labute approximate surface area is 153 Å². The van der Waals surface area contributed by atoms with Gasteiger partial charge in [-0.15, -0.1) is 0 Å². The molecule has 3 N–H and O–H groups in total. The number of amides is 1. The zero-order chi connectivity index (χ0) is 19.1. The van der Waals surface area contributed by atoms with Crippen LogP contribution in [0.5, 0.6) is 0 Å². The fourth-order valence-electron chi connectivity index (χ4n) is 3.54. The number of nitrogens with two attached hydrogens (primary N) is 1. The Bertz CT molecular complexity index is 927. The number of imidazole rings is 1. The number of carbonyl (C=O) groups is 1. The molecule has 0 bridgehead atoms. The van der Waals surface area contributed by atoms with Gasteiger partial charge in [0.15, 0.2) is 0 Å². The molecule has 1 saturated heterocycles. The van der Waals surface area contributed by atoms with E-state index in [0.29, 0.717) is 12.8 Å². The van der Waals surface area contributed by atoms with Crippen molar-refractivity contribution in [2.45, 2.75) is 32.2 Å². The second-order valence-electron chi connectivity index (χ2n) is 7.32. The third-order valence-corrected chi connectivity index (χ3v) is 6.05. The van der Waals surface area contributed by atoms with E-state index in [9.17, 15) is 13.2 Å². The Morgan fingerprint density at radius 2 is 1.88 bits per heavy atom. The molecule has 2 aromatic rings. The van der Waals surface area contributed by atoms with E-state index in [-0.39, 0.29) is 24.9 Å². The molecule has 3 rings (SSSR count). The lowest BCUT2D eigenvalue weighted by atomic mass is 9.95. The second kappa shape index (κ2) is 6.64. The van der Waals surface area contributed by atoms with E-state index >= 15 is 0 Å². The van der Waals surface area contributed by atoms with Crippen LogP contribution >= 0.6 is 0 Å². The average Bonchev–Trinajstić information content (AvgIpc) is 2.92. The molecule has 0 atom stereocenters. The highest BCUT2D eigenvalue weighted by Crippen LogP contribution is 2.26. The molecule has 0 saturated carbocycles. The standard InChI is InChI=1S/C17H25N5O3S/c1-17(2,16-19-13-6-4-5-7-14(13)21(16)3)20-15(23)12-8-10-22(11-9-12)26(18,24)25/h4-7,12H,8-11H2,1-3H3,(H,20,23)(H2,18,24,25). The summed E-state index contributed by atoms with van der Waals surface area (Å²) < 4.78 is 26.0. The van der Waals surface area contributed by atoms with Crippen molar-refractivity contribution in [3.8, 4) is 0 Å². The molecule has 0 radical (unpaired) electrons. The topological polar surface area (TPSA) is 110 Å². The van der Waals surface area contributed by atoms with E-state index in [4.69, 9.17) is 5.14 Å². The number of nitrogens with zero attached hydrogens (tertiary/aromatic N) is 3. The van der Waals surface area contributed by atoms with Crippen molar-refractivity contribution in [3.05, 3.63) is 30.1 Å². The summed E-state index contributed by atoms with van der Waals surface area (Å²) in [5.74, 6) is 0.451. The Balaban J connectivity index is 1.73. The highest BCUT2D eigenvalue weighted by atomic mass is 32.2. The summed E-state index contributed by atoms with van der Waals surface area (Å²) in [6.07, 6.45) is 0.918. The van der Waals surface area contributed by atoms with Crippen molar-refractivity contribution in [1.82, 2.24) is 19.2 Å². The number of rotatable bonds is 4. The molecule has 0 unspecified atom stereocenters. The molecule has 26 heavy (non-hydrogen) atoms. The highest BCUT2D eigenvalue weighted by Gasteiger charge is 2.34. The van der Waals surface area contributed by atoms with Gasteiger partial charge < -0.3 is 9.88 Å². The monoisotopic (exact) mass is 379 g/mol. The minimum absolute atomic E-state index is 0.0869. The van der Waals surface area contributed by atoms with Crippen LogP contribution in [0, 0.1) is 5.92 Å². The summed E-state index contributed by atoms with van der Waals surface area (Å²) in [4.78, 5) is 17.4. The number of fused-ring (bicyclic) bond motifs is 1. The van der Waals surface area contributed by atoms with E-state index in [1.54, 1.807) is 0 Å². The lowest BCUT2D eigenvalue weighted by Crippen LogP contribution is -2.49. The highest BCUT2D eigenvalue weighted by molar-refractivity contribution is 7.86. The number of piperidine rings is 1. The Morgan fingerprint density at radius 3 is 2.46 bits per heavy atom. The average molecular weight is 379 g/mol. The SMILES string of the molecule is Cn1c(C(C)(C)NC(=O)C2CCN(S(N)(=O)=O)CC2)nc2ccccc21. The molecular weight excluding hydrogens is 354 g/mol. The van der Waals surface area contributed by atoms with Gasteiger partial charge in [-0.25, -0.2) is 10.1 Å². The maximum atomic E-state index is 12.7. The summed E-state index contributed by atoms with van der Waals surface area (Å²) in [6, 6.07) is 7.83. The van der Waals surface area contributed by atoms with E-state index in [0.717, 1.165) is 16.9 Å². The Hall–Kier alpha value is -1.97. The predicted octanol–water partition coefficient (Wildman–Crippen LogP) is 0.840. The number of aromatic nitrogens is 2. The summed E-state index contributed by atoms with van der Waals surface area (Å²) >= 11 is 0. The lowest BCUT2D eigenvalue weighted by molar-refractivity contribution is -0.128. The van der Waals surface area contributed by atoms with Gasteiger partial charge in [0, 0.05) is 26.1 Å². The molecule has 8 nitrogen and oxygen atoms in total. The van der Waals surface area contributed by atoms with Gasteiger partial charge in [0.2, 0.25) is 5.91 Å². The predicted molar refractivity (Wildman–Crippen MR) is 99.3 cm³/mol. The molecule has 2 heterocycles. The Kier molecular flexibility index (Phi) is 4.80. The fraction of sp³-hybridized carbons (Fsp3) is 0.529. The summed E-state index contributed by atoms with van der Waals surface area (Å²) in [7, 11) is -1.75. The minimum Gasteiger partial charge on any atom is -0.344 e. The van der Waals surface area contributed by atoms with E-state index in [2.05, 4.69) is 10.3 Å². The van der Waals surface area contributed by atoms with Crippen LogP contribution in [-0.4, -0.2) is 41.3 Å². The molecule has 1 aliphatic heterocycles. The fourth-order valence-corrected chi connectivity index (χ4v) is 4.26. The molecule has 1 fully saturated rings. The zero-order valence-electron chi connectivity index (χ0n) is 15.3. The zero-order valence-corrected chi connectivity index (χ0v) is 16.1. The molecule has 142 valence electrons. The lowest BCUT2D eigenvalue weighted by Gasteiger charge is -2.32. The number of hydrogen-bond acceptors (Lipinski definition) is 4. The van der Waals surface area contributed by atoms with E-state index < -0.39 is 15.7 Å². The molecule has 1 aliphatic rings. The number of hydrogen-bond donors (Lipinski definition) is 2. The van der Waals surface area contributed by atoms with Crippen LogP contribution in [0.2, 0.25) is 0 Å². The van der Waals surface area contributed by atoms with Gasteiger partial charge in [-0.3, -0.25) is 4.79 Å². The van der Waals surface area contributed by atoms with Crippen molar-refractivity contribution in [2.75, 3.05) is 13.1 Å². The molecule has 1 amide bonds. The van der Waals surface area contributed by atoms with Crippen molar-refractivity contribution in [3.63, 3.8) is 0 Å². The van der Waals surface area contributed by atoms with Gasteiger partial charge in [0.1, 0.15) is 5.82 Å². The van der Waals surface area contributed by atoms with Crippen LogP contribution in [0.4, 0.5) is 0 Å². The molecule has 0 aliphatic carbocycles. The first-order valence-electron chi connectivity index (χ1n) is 8.61. The maximum absolute atomic E-state index is 12.7. The number of benzene rings is 1. The van der Waals surface area contributed by atoms with Gasteiger partial charge in [-0.1, -0.05) is 12.1 Å². The summed E-state index contributed by atoms with van der Waals surface area (Å²) in [5, 5.41) is 8.23. The van der Waals surface area contributed by atoms with Crippen molar-refractivity contribution < 1.29 is 13.2 Å². The second-order valence-corrected chi connectivity index (χ2v) is 8.86. The van der Waals surface area contributed by atoms with E-state index in [1.807, 2.05) is 49.7 Å². The molecule has 1 aromatic carbocycles. The van der Waals surface area contributed by atoms with E-state index in [1.165, 1.54) is 4.31 Å². The van der Waals surface area contributed by atoms with Crippen LogP contribution < -0.4 is 10.5 Å². The number of aryl methyl sites for hydroxylation is 1. The number of carbonyl (C=O) groups excluding carboxylic acids is 1. The minimum atomic E-state index is -3.69. The normalized spacial score (nSPS) is 17.5. The number of nitrogens with one attached hydrogen (secondary N) is 1. The van der Waals surface area contributed by atoms with Gasteiger partial charge >= 0.3 is 0 Å². The summed E-state index contributed by atoms with van der Waals surface area (Å²) in [5.41, 5.74) is 1.24. The maximum Gasteiger partial charge on any atom is 0.276 e. The third-order valence-electron chi connectivity index (χ3n) is 4.97. The molecule has 1 aromatic heterocycles. The van der Waals surface area contributed by atoms with Crippen molar-refractivity contribution >= 4 is 27.1 Å². The van der Waals surface area contributed by atoms with Gasteiger partial charge in [-0.05, 0) is 38.8 Å². The van der Waals surface area contributed by atoms with Crippen LogP contribution in [0.1, 0.15) is 32.5 Å².